The zero-order chi connectivity index (χ0) is 19.3. The van der Waals surface area contributed by atoms with E-state index in [2.05, 4.69) is 26.4 Å². The number of amides is 1. The summed E-state index contributed by atoms with van der Waals surface area (Å²) in [5.74, 6) is 0.651. The fraction of sp³-hybridized carbons (Fsp3) is 0.429. The van der Waals surface area contributed by atoms with Gasteiger partial charge in [0.1, 0.15) is 0 Å². The lowest BCUT2D eigenvalue weighted by molar-refractivity contribution is 0.0928. The highest BCUT2D eigenvalue weighted by Crippen LogP contribution is 2.37. The molecule has 7 heteroatoms. The third-order valence-electron chi connectivity index (χ3n) is 6.23. The minimum absolute atomic E-state index is 0.0523. The molecule has 3 aliphatic heterocycles. The van der Waals surface area contributed by atoms with Crippen LogP contribution in [0.5, 0.6) is 0 Å². The number of aryl methyl sites for hydroxylation is 1. The Kier molecular flexibility index (Phi) is 3.93. The summed E-state index contributed by atoms with van der Waals surface area (Å²) in [6.07, 6.45) is 7.84. The lowest BCUT2D eigenvalue weighted by atomic mass is 9.95. The van der Waals surface area contributed by atoms with E-state index in [0.29, 0.717) is 17.6 Å². The summed E-state index contributed by atoms with van der Waals surface area (Å²) >= 11 is 0. The van der Waals surface area contributed by atoms with Crippen molar-refractivity contribution in [2.24, 2.45) is 0 Å². The van der Waals surface area contributed by atoms with E-state index in [1.165, 1.54) is 0 Å². The molecular formula is C21H22N6O. The van der Waals surface area contributed by atoms with E-state index < -0.39 is 0 Å². The van der Waals surface area contributed by atoms with E-state index in [0.717, 1.165) is 49.2 Å². The van der Waals surface area contributed by atoms with Gasteiger partial charge in [-0.3, -0.25) is 4.79 Å². The van der Waals surface area contributed by atoms with Gasteiger partial charge in [-0.2, -0.15) is 5.26 Å². The Morgan fingerprint density at radius 2 is 2.21 bits per heavy atom. The number of fused-ring (bicyclic) bond motifs is 3. The highest BCUT2D eigenvalue weighted by molar-refractivity contribution is 5.95. The lowest BCUT2D eigenvalue weighted by Gasteiger charge is -2.22. The summed E-state index contributed by atoms with van der Waals surface area (Å²) in [6, 6.07) is 8.25. The number of anilines is 2. The monoisotopic (exact) mass is 374 g/mol. The highest BCUT2D eigenvalue weighted by Gasteiger charge is 2.46. The molecule has 5 rings (SSSR count). The molecule has 3 unspecified atom stereocenters. The van der Waals surface area contributed by atoms with Gasteiger partial charge >= 0.3 is 0 Å². The topological polar surface area (TPSA) is 85.2 Å². The first-order valence-corrected chi connectivity index (χ1v) is 9.83. The summed E-state index contributed by atoms with van der Waals surface area (Å²) in [6.45, 7) is 2.77. The molecule has 3 aliphatic rings. The molecule has 4 heterocycles. The summed E-state index contributed by atoms with van der Waals surface area (Å²) in [4.78, 5) is 25.7. The Morgan fingerprint density at radius 3 is 3.00 bits per heavy atom. The number of carbonyl (C=O) groups excluding carboxylic acids is 1. The Bertz CT molecular complexity index is 983. The molecule has 1 aromatic heterocycles. The normalized spacial score (nSPS) is 24.9. The second-order valence-electron chi connectivity index (χ2n) is 7.86. The van der Waals surface area contributed by atoms with Crippen LogP contribution in [0.2, 0.25) is 0 Å². The van der Waals surface area contributed by atoms with E-state index in [-0.39, 0.29) is 18.0 Å². The summed E-state index contributed by atoms with van der Waals surface area (Å²) in [7, 11) is 0. The number of nitriles is 1. The number of rotatable bonds is 3. The number of aromatic nitrogens is 2. The van der Waals surface area contributed by atoms with Crippen molar-refractivity contribution in [3.8, 4) is 6.19 Å². The number of hydrogen-bond donors (Lipinski definition) is 1. The fourth-order valence-electron chi connectivity index (χ4n) is 4.87. The average Bonchev–Trinajstić information content (AvgIpc) is 3.39. The molecule has 2 saturated heterocycles. The molecule has 7 nitrogen and oxygen atoms in total. The quantitative estimate of drug-likeness (QED) is 0.830. The highest BCUT2D eigenvalue weighted by atomic mass is 16.1. The number of nitrogens with zero attached hydrogens (tertiary/aromatic N) is 5. The zero-order valence-electron chi connectivity index (χ0n) is 15.8. The molecule has 0 radical (unpaired) electrons. The van der Waals surface area contributed by atoms with Gasteiger partial charge in [0.05, 0.1) is 12.1 Å². The summed E-state index contributed by atoms with van der Waals surface area (Å²) in [5.41, 5.74) is 3.82. The average molecular weight is 374 g/mol. The molecule has 1 N–H and O–H groups in total. The molecule has 1 amide bonds. The zero-order valence-corrected chi connectivity index (χ0v) is 15.8. The Labute approximate surface area is 164 Å². The molecule has 2 bridgehead atoms. The van der Waals surface area contributed by atoms with Crippen molar-refractivity contribution in [2.75, 3.05) is 11.4 Å². The van der Waals surface area contributed by atoms with Gasteiger partial charge in [-0.15, -0.1) is 0 Å². The van der Waals surface area contributed by atoms with Crippen molar-refractivity contribution in [2.45, 2.75) is 50.7 Å². The minimum atomic E-state index is -0.0523. The van der Waals surface area contributed by atoms with Crippen LogP contribution in [0.4, 0.5) is 11.6 Å². The smallest absolute Gasteiger partial charge is 0.251 e. The second-order valence-corrected chi connectivity index (χ2v) is 7.86. The maximum Gasteiger partial charge on any atom is 0.251 e. The van der Waals surface area contributed by atoms with E-state index in [1.807, 2.05) is 36.1 Å². The molecule has 0 spiro atoms. The van der Waals surface area contributed by atoms with Crippen LogP contribution in [-0.2, 0) is 6.42 Å². The first-order valence-electron chi connectivity index (χ1n) is 9.83. The van der Waals surface area contributed by atoms with Crippen LogP contribution in [-0.4, -0.2) is 45.4 Å². The van der Waals surface area contributed by atoms with Crippen molar-refractivity contribution in [3.05, 3.63) is 47.3 Å². The van der Waals surface area contributed by atoms with Crippen LogP contribution in [0.3, 0.4) is 0 Å². The van der Waals surface area contributed by atoms with E-state index in [4.69, 9.17) is 0 Å². The molecule has 2 fully saturated rings. The number of benzene rings is 1. The summed E-state index contributed by atoms with van der Waals surface area (Å²) < 4.78 is 0. The molecule has 28 heavy (non-hydrogen) atoms. The van der Waals surface area contributed by atoms with Gasteiger partial charge in [0.2, 0.25) is 5.95 Å². The number of carbonyl (C=O) groups is 1. The van der Waals surface area contributed by atoms with Crippen molar-refractivity contribution in [1.82, 2.24) is 20.2 Å². The van der Waals surface area contributed by atoms with Crippen molar-refractivity contribution < 1.29 is 4.79 Å². The molecular weight excluding hydrogens is 352 g/mol. The first-order chi connectivity index (χ1) is 13.6. The molecule has 3 atom stereocenters. The van der Waals surface area contributed by atoms with Crippen LogP contribution < -0.4 is 10.2 Å². The van der Waals surface area contributed by atoms with E-state index in [9.17, 15) is 10.1 Å². The Morgan fingerprint density at radius 1 is 1.32 bits per heavy atom. The molecule has 0 aliphatic carbocycles. The van der Waals surface area contributed by atoms with E-state index >= 15 is 0 Å². The van der Waals surface area contributed by atoms with Gasteiger partial charge in [0, 0.05) is 35.7 Å². The van der Waals surface area contributed by atoms with Crippen LogP contribution >= 0.6 is 0 Å². The Balaban J connectivity index is 1.33. The van der Waals surface area contributed by atoms with Crippen LogP contribution in [0.15, 0.2) is 30.5 Å². The predicted octanol–water partition coefficient (Wildman–Crippen LogP) is 2.30. The van der Waals surface area contributed by atoms with Crippen molar-refractivity contribution in [1.29, 1.82) is 5.26 Å². The maximum atomic E-state index is 12.8. The number of nitrogens with one attached hydrogen (secondary N) is 1. The predicted molar refractivity (Wildman–Crippen MR) is 104 cm³/mol. The molecule has 0 saturated carbocycles. The van der Waals surface area contributed by atoms with Gasteiger partial charge in [-0.1, -0.05) is 0 Å². The fourth-order valence-corrected chi connectivity index (χ4v) is 4.87. The van der Waals surface area contributed by atoms with Gasteiger partial charge in [-0.05, 0) is 62.4 Å². The Hall–Kier alpha value is -3.14. The third-order valence-corrected chi connectivity index (χ3v) is 6.23. The van der Waals surface area contributed by atoms with Crippen molar-refractivity contribution >= 4 is 17.5 Å². The standard InChI is InChI=1S/C21H22N6O/c1-13-6-8-23-21(24-13)26-9-7-14-10-15(2-4-18(14)26)20(28)25-17-11-16-3-5-19(17)27(16)12-22/h2,4,6,8,10,16-17,19H,3,5,7,9,11H2,1H3,(H,25,28). The van der Waals surface area contributed by atoms with Gasteiger partial charge in [-0.25, -0.2) is 9.97 Å². The van der Waals surface area contributed by atoms with Crippen molar-refractivity contribution in [3.63, 3.8) is 0 Å². The lowest BCUT2D eigenvalue weighted by Crippen LogP contribution is -2.43. The SMILES string of the molecule is Cc1ccnc(N2CCc3cc(C(=O)NC4CC5CCC4N5C#N)ccc32)n1. The van der Waals surface area contributed by atoms with Crippen LogP contribution in [0.1, 0.15) is 40.9 Å². The molecule has 2 aromatic rings. The van der Waals surface area contributed by atoms with Gasteiger partial charge < -0.3 is 15.1 Å². The maximum absolute atomic E-state index is 12.8. The first kappa shape index (κ1) is 17.0. The molecule has 142 valence electrons. The third kappa shape index (κ3) is 2.68. The van der Waals surface area contributed by atoms with Crippen LogP contribution in [0, 0.1) is 18.4 Å². The van der Waals surface area contributed by atoms with Gasteiger partial charge in [0.15, 0.2) is 6.19 Å². The van der Waals surface area contributed by atoms with Gasteiger partial charge in [0.25, 0.3) is 5.91 Å². The van der Waals surface area contributed by atoms with Crippen LogP contribution in [0.25, 0.3) is 0 Å². The minimum Gasteiger partial charge on any atom is -0.347 e. The summed E-state index contributed by atoms with van der Waals surface area (Å²) in [5, 5.41) is 12.5. The second kappa shape index (κ2) is 6.48. The number of hydrogen-bond acceptors (Lipinski definition) is 6. The largest absolute Gasteiger partial charge is 0.347 e. The van der Waals surface area contributed by atoms with E-state index in [1.54, 1.807) is 6.20 Å². The molecule has 1 aromatic carbocycles.